The molecule has 0 aliphatic heterocycles. The van der Waals surface area contributed by atoms with Crippen LogP contribution in [-0.2, 0) is 0 Å². The lowest BCUT2D eigenvalue weighted by molar-refractivity contribution is -0.385. The number of nitrogens with zero attached hydrogens (tertiary/aromatic N) is 2. The van der Waals surface area contributed by atoms with E-state index in [2.05, 4.69) is 15.9 Å². The Morgan fingerprint density at radius 3 is 2.70 bits per heavy atom. The molecule has 1 aliphatic rings. The Balaban J connectivity index is 2.18. The summed E-state index contributed by atoms with van der Waals surface area (Å²) in [6, 6.07) is 4.71. The van der Waals surface area contributed by atoms with Gasteiger partial charge in [0.2, 0.25) is 0 Å². The van der Waals surface area contributed by atoms with Crippen molar-refractivity contribution in [1.29, 1.82) is 0 Å². The number of aryl methyl sites for hydroxylation is 1. The van der Waals surface area contributed by atoms with Gasteiger partial charge in [-0.2, -0.15) is 0 Å². The van der Waals surface area contributed by atoms with Gasteiger partial charge in [-0.15, -0.1) is 0 Å². The van der Waals surface area contributed by atoms with Crippen molar-refractivity contribution < 1.29 is 9.72 Å². The zero-order valence-corrected chi connectivity index (χ0v) is 13.1. The Labute approximate surface area is 126 Å². The first-order chi connectivity index (χ1) is 9.40. The van der Waals surface area contributed by atoms with E-state index in [-0.39, 0.29) is 17.2 Å². The van der Waals surface area contributed by atoms with Crippen molar-refractivity contribution in [1.82, 2.24) is 4.90 Å². The SMILES string of the molecule is Cc1cccc([N+](=O)[O-])c1C(=O)N(C)CC1CC(Br)C1. The standard InChI is InChI=1S/C14H17BrN2O3/c1-9-4-3-5-12(17(19)20)13(9)14(18)16(2)8-10-6-11(15)7-10/h3-5,10-11H,6-8H2,1-2H3. The average Bonchev–Trinajstić information content (AvgIpc) is 2.35. The number of carbonyl (C=O) groups excluding carboxylic acids is 1. The van der Waals surface area contributed by atoms with E-state index in [9.17, 15) is 14.9 Å². The highest BCUT2D eigenvalue weighted by atomic mass is 79.9. The topological polar surface area (TPSA) is 63.5 Å². The molecule has 0 unspecified atom stereocenters. The van der Waals surface area contributed by atoms with Gasteiger partial charge in [0.15, 0.2) is 0 Å². The average molecular weight is 341 g/mol. The van der Waals surface area contributed by atoms with Crippen LogP contribution in [0.15, 0.2) is 18.2 Å². The minimum Gasteiger partial charge on any atom is -0.341 e. The predicted molar refractivity (Wildman–Crippen MR) is 80.2 cm³/mol. The molecule has 1 aromatic carbocycles. The highest BCUT2D eigenvalue weighted by Gasteiger charge is 2.31. The summed E-state index contributed by atoms with van der Waals surface area (Å²) in [5, 5.41) is 11.1. The Bertz CT molecular complexity index is 541. The van der Waals surface area contributed by atoms with Gasteiger partial charge in [0.25, 0.3) is 11.6 Å². The largest absolute Gasteiger partial charge is 0.341 e. The number of rotatable bonds is 4. The lowest BCUT2D eigenvalue weighted by Crippen LogP contribution is -2.38. The molecule has 1 aliphatic carbocycles. The summed E-state index contributed by atoms with van der Waals surface area (Å²) in [5.74, 6) is 0.212. The predicted octanol–water partition coefficient (Wildman–Crippen LogP) is 3.15. The molecule has 20 heavy (non-hydrogen) atoms. The monoisotopic (exact) mass is 340 g/mol. The molecule has 1 amide bonds. The van der Waals surface area contributed by atoms with Crippen LogP contribution in [0.3, 0.4) is 0 Å². The number of halogens is 1. The van der Waals surface area contributed by atoms with Gasteiger partial charge in [-0.05, 0) is 31.2 Å². The van der Waals surface area contributed by atoms with Crippen LogP contribution in [0, 0.1) is 23.0 Å². The molecule has 0 spiro atoms. The van der Waals surface area contributed by atoms with Crippen LogP contribution in [0.5, 0.6) is 0 Å². The van der Waals surface area contributed by atoms with Crippen molar-refractivity contribution in [2.24, 2.45) is 5.92 Å². The summed E-state index contributed by atoms with van der Waals surface area (Å²) in [4.78, 5) is 25.2. The number of amides is 1. The van der Waals surface area contributed by atoms with Gasteiger partial charge >= 0.3 is 0 Å². The quantitative estimate of drug-likeness (QED) is 0.480. The second kappa shape index (κ2) is 5.91. The number of alkyl halides is 1. The van der Waals surface area contributed by atoms with Crippen LogP contribution >= 0.6 is 15.9 Å². The highest BCUT2D eigenvalue weighted by Crippen LogP contribution is 2.34. The van der Waals surface area contributed by atoms with E-state index in [0.717, 1.165) is 12.8 Å². The van der Waals surface area contributed by atoms with E-state index in [1.807, 2.05) is 0 Å². The molecule has 0 N–H and O–H groups in total. The molecule has 5 nitrogen and oxygen atoms in total. The molecular formula is C14H17BrN2O3. The van der Waals surface area contributed by atoms with Gasteiger partial charge < -0.3 is 4.90 Å². The number of hydrogen-bond acceptors (Lipinski definition) is 3. The van der Waals surface area contributed by atoms with Gasteiger partial charge in [-0.25, -0.2) is 0 Å². The maximum absolute atomic E-state index is 12.5. The lowest BCUT2D eigenvalue weighted by Gasteiger charge is -2.34. The Hall–Kier alpha value is -1.43. The second-order valence-electron chi connectivity index (χ2n) is 5.35. The fraction of sp³-hybridized carbons (Fsp3) is 0.500. The molecule has 6 heteroatoms. The number of nitro groups is 1. The first kappa shape index (κ1) is 15.0. The number of hydrogen-bond donors (Lipinski definition) is 0. The molecule has 1 fully saturated rings. The number of carbonyl (C=O) groups is 1. The Morgan fingerprint density at radius 2 is 2.15 bits per heavy atom. The molecule has 0 saturated heterocycles. The van der Waals surface area contributed by atoms with Crippen molar-refractivity contribution in [3.8, 4) is 0 Å². The minimum atomic E-state index is -0.494. The van der Waals surface area contributed by atoms with E-state index in [1.165, 1.54) is 6.07 Å². The van der Waals surface area contributed by atoms with E-state index < -0.39 is 4.92 Å². The molecule has 0 bridgehead atoms. The van der Waals surface area contributed by atoms with Crippen LogP contribution in [0.1, 0.15) is 28.8 Å². The Kier molecular flexibility index (Phi) is 4.42. The molecule has 2 rings (SSSR count). The smallest absolute Gasteiger partial charge is 0.282 e. The molecule has 1 aromatic rings. The summed E-state index contributed by atoms with van der Waals surface area (Å²) in [6.07, 6.45) is 2.10. The normalized spacial score (nSPS) is 21.1. The van der Waals surface area contributed by atoms with Gasteiger partial charge in [0.1, 0.15) is 5.56 Å². The Morgan fingerprint density at radius 1 is 1.50 bits per heavy atom. The van der Waals surface area contributed by atoms with Gasteiger partial charge in [0.05, 0.1) is 4.92 Å². The fourth-order valence-electron chi connectivity index (χ4n) is 2.55. The minimum absolute atomic E-state index is 0.117. The van der Waals surface area contributed by atoms with Gasteiger partial charge in [-0.3, -0.25) is 14.9 Å². The fourth-order valence-corrected chi connectivity index (χ4v) is 3.60. The van der Waals surface area contributed by atoms with Crippen molar-refractivity contribution in [3.05, 3.63) is 39.4 Å². The van der Waals surface area contributed by atoms with Crippen molar-refractivity contribution in [3.63, 3.8) is 0 Å². The van der Waals surface area contributed by atoms with Gasteiger partial charge in [-0.1, -0.05) is 28.1 Å². The third kappa shape index (κ3) is 3.00. The number of nitro benzene ring substituents is 1. The first-order valence-electron chi connectivity index (χ1n) is 6.53. The molecule has 0 aromatic heterocycles. The van der Waals surface area contributed by atoms with Crippen LogP contribution in [0.25, 0.3) is 0 Å². The maximum atomic E-state index is 12.5. The third-order valence-corrected chi connectivity index (χ3v) is 4.47. The zero-order valence-electron chi connectivity index (χ0n) is 11.5. The second-order valence-corrected chi connectivity index (χ2v) is 6.64. The van der Waals surface area contributed by atoms with E-state index in [1.54, 1.807) is 31.0 Å². The van der Waals surface area contributed by atoms with Crippen LogP contribution in [0.2, 0.25) is 0 Å². The van der Waals surface area contributed by atoms with E-state index in [0.29, 0.717) is 22.9 Å². The molecule has 108 valence electrons. The van der Waals surface area contributed by atoms with Gasteiger partial charge in [0, 0.05) is 24.5 Å². The summed E-state index contributed by atoms with van der Waals surface area (Å²) in [7, 11) is 1.71. The van der Waals surface area contributed by atoms with Crippen molar-refractivity contribution in [2.75, 3.05) is 13.6 Å². The van der Waals surface area contributed by atoms with E-state index >= 15 is 0 Å². The summed E-state index contributed by atoms with van der Waals surface area (Å²) in [6.45, 7) is 2.37. The van der Waals surface area contributed by atoms with Crippen molar-refractivity contribution >= 4 is 27.5 Å². The van der Waals surface area contributed by atoms with Crippen molar-refractivity contribution in [2.45, 2.75) is 24.6 Å². The molecule has 0 atom stereocenters. The van der Waals surface area contributed by atoms with Crippen LogP contribution in [0.4, 0.5) is 5.69 Å². The maximum Gasteiger partial charge on any atom is 0.282 e. The van der Waals surface area contributed by atoms with E-state index in [4.69, 9.17) is 0 Å². The van der Waals surface area contributed by atoms with Crippen LogP contribution in [-0.4, -0.2) is 34.2 Å². The molecular weight excluding hydrogens is 324 g/mol. The first-order valence-corrected chi connectivity index (χ1v) is 7.45. The molecule has 0 heterocycles. The summed E-state index contributed by atoms with van der Waals surface area (Å²) in [5.41, 5.74) is 0.728. The van der Waals surface area contributed by atoms with Crippen LogP contribution < -0.4 is 0 Å². The summed E-state index contributed by atoms with van der Waals surface area (Å²) >= 11 is 3.52. The third-order valence-electron chi connectivity index (χ3n) is 3.72. The summed E-state index contributed by atoms with van der Waals surface area (Å²) < 4.78 is 0. The lowest BCUT2D eigenvalue weighted by atomic mass is 9.85. The molecule has 1 saturated carbocycles. The zero-order chi connectivity index (χ0) is 14.9. The number of benzene rings is 1. The molecule has 0 radical (unpaired) electrons. The highest BCUT2D eigenvalue weighted by molar-refractivity contribution is 9.09.